The van der Waals surface area contributed by atoms with Crippen LogP contribution in [0.25, 0.3) is 0 Å². The number of ether oxygens (including phenoxy) is 2. The molecule has 2 rings (SSSR count). The Kier molecular flexibility index (Phi) is 14.7. The third-order valence-corrected chi connectivity index (χ3v) is 13.9. The minimum atomic E-state index is -2.16. The zero-order valence-electron chi connectivity index (χ0n) is 26.1. The molecule has 0 amide bonds. The second-order valence-corrected chi connectivity index (χ2v) is 18.5. The molecule has 228 valence electrons. The summed E-state index contributed by atoms with van der Waals surface area (Å²) in [5.74, 6) is 0.353. The van der Waals surface area contributed by atoms with E-state index in [4.69, 9.17) is 13.9 Å². The Hall–Kier alpha value is -0.733. The lowest BCUT2D eigenvalue weighted by atomic mass is 9.85. The number of rotatable bonds is 17. The van der Waals surface area contributed by atoms with Gasteiger partial charge in [-0.3, -0.25) is 0 Å². The summed E-state index contributed by atoms with van der Waals surface area (Å²) in [6.07, 6.45) is 16.1. The fourth-order valence-electron chi connectivity index (χ4n) is 5.83. The predicted molar refractivity (Wildman–Crippen MR) is 161 cm³/mol. The molecular weight excluding hydrogens is 508 g/mol. The SMILES string of the molecule is CCCCC(C)CCC[C@H]1C(OC2CCCCO2)C[C@H](O)[C@@H]1CC=CCCC(O[Si](C)(C)C(C)(C)C)C(=O)O. The highest BCUT2D eigenvalue weighted by Crippen LogP contribution is 2.42. The lowest BCUT2D eigenvalue weighted by Crippen LogP contribution is -2.46. The number of aliphatic hydroxyl groups is 1. The molecule has 0 bridgehead atoms. The minimum Gasteiger partial charge on any atom is -0.479 e. The van der Waals surface area contributed by atoms with Crippen LogP contribution in [0.15, 0.2) is 12.2 Å². The Bertz CT molecular complexity index is 727. The highest BCUT2D eigenvalue weighted by Gasteiger charge is 2.43. The van der Waals surface area contributed by atoms with Crippen LogP contribution >= 0.6 is 0 Å². The van der Waals surface area contributed by atoms with Crippen molar-refractivity contribution in [2.45, 2.75) is 161 Å². The summed E-state index contributed by atoms with van der Waals surface area (Å²) >= 11 is 0. The molecular formula is C32H60O6Si. The van der Waals surface area contributed by atoms with Gasteiger partial charge in [0.15, 0.2) is 14.6 Å². The molecule has 1 saturated heterocycles. The molecule has 1 heterocycles. The molecule has 39 heavy (non-hydrogen) atoms. The monoisotopic (exact) mass is 568 g/mol. The van der Waals surface area contributed by atoms with Crippen LogP contribution in [-0.2, 0) is 18.7 Å². The fraction of sp³-hybridized carbons (Fsp3) is 0.906. The lowest BCUT2D eigenvalue weighted by molar-refractivity contribution is -0.196. The van der Waals surface area contributed by atoms with Crippen LogP contribution in [0.1, 0.15) is 118 Å². The second-order valence-electron chi connectivity index (χ2n) is 13.8. The molecule has 1 saturated carbocycles. The molecule has 2 aliphatic rings. The van der Waals surface area contributed by atoms with Gasteiger partial charge in [0.1, 0.15) is 6.10 Å². The molecule has 2 N–H and O–H groups in total. The maximum Gasteiger partial charge on any atom is 0.331 e. The molecule has 0 aromatic heterocycles. The van der Waals surface area contributed by atoms with E-state index in [-0.39, 0.29) is 29.5 Å². The number of carboxylic acid groups (broad SMARTS) is 1. The molecule has 6 nitrogen and oxygen atoms in total. The van der Waals surface area contributed by atoms with Gasteiger partial charge in [-0.25, -0.2) is 4.79 Å². The molecule has 0 aromatic rings. The molecule has 0 radical (unpaired) electrons. The van der Waals surface area contributed by atoms with E-state index >= 15 is 0 Å². The number of aliphatic hydroxyl groups excluding tert-OH is 1. The van der Waals surface area contributed by atoms with Gasteiger partial charge in [0.25, 0.3) is 0 Å². The highest BCUT2D eigenvalue weighted by molar-refractivity contribution is 6.74. The summed E-state index contributed by atoms with van der Waals surface area (Å²) in [7, 11) is -2.16. The van der Waals surface area contributed by atoms with Crippen molar-refractivity contribution in [2.75, 3.05) is 6.61 Å². The zero-order chi connectivity index (χ0) is 29.1. The van der Waals surface area contributed by atoms with Gasteiger partial charge in [0.05, 0.1) is 12.2 Å². The van der Waals surface area contributed by atoms with Crippen LogP contribution in [0.5, 0.6) is 0 Å². The number of hydrogen-bond acceptors (Lipinski definition) is 5. The van der Waals surface area contributed by atoms with E-state index in [1.165, 1.54) is 32.1 Å². The van der Waals surface area contributed by atoms with Gasteiger partial charge in [-0.05, 0) is 80.8 Å². The van der Waals surface area contributed by atoms with E-state index in [9.17, 15) is 15.0 Å². The van der Waals surface area contributed by atoms with Crippen LogP contribution < -0.4 is 0 Å². The standard InChI is InChI=1S/C32H60O6Si/c1-8-9-16-24(2)17-15-19-26-25(27(33)23-29(26)37-30-21-13-14-22-36-30)18-11-10-12-20-28(31(34)35)38-39(6,7)32(3,4)5/h10-11,24-30,33H,8-9,12-23H2,1-7H3,(H,34,35)/t24?,25-,26-,27+,28?,29?,30?/m1/s1. The summed E-state index contributed by atoms with van der Waals surface area (Å²) in [4.78, 5) is 11.9. The maximum absolute atomic E-state index is 11.9. The number of aliphatic carboxylic acids is 1. The lowest BCUT2D eigenvalue weighted by Gasteiger charge is -2.38. The van der Waals surface area contributed by atoms with Crippen LogP contribution in [0.4, 0.5) is 0 Å². The maximum atomic E-state index is 11.9. The van der Waals surface area contributed by atoms with Crippen LogP contribution in [0.3, 0.4) is 0 Å². The van der Waals surface area contributed by atoms with Crippen molar-refractivity contribution in [3.05, 3.63) is 12.2 Å². The molecule has 4 unspecified atom stereocenters. The summed E-state index contributed by atoms with van der Waals surface area (Å²) in [5, 5.41) is 20.8. The van der Waals surface area contributed by atoms with Crippen molar-refractivity contribution in [3.63, 3.8) is 0 Å². The summed E-state index contributed by atoms with van der Waals surface area (Å²) in [6, 6.07) is 0. The van der Waals surface area contributed by atoms with E-state index in [2.05, 4.69) is 59.9 Å². The Morgan fingerprint density at radius 3 is 2.44 bits per heavy atom. The number of carboxylic acids is 1. The van der Waals surface area contributed by atoms with Gasteiger partial charge in [-0.2, -0.15) is 0 Å². The topological polar surface area (TPSA) is 85.2 Å². The van der Waals surface area contributed by atoms with E-state index in [0.29, 0.717) is 25.2 Å². The first-order chi connectivity index (χ1) is 18.4. The Balaban J connectivity index is 1.95. The minimum absolute atomic E-state index is 0.0285. The first-order valence-corrected chi connectivity index (χ1v) is 18.8. The molecule has 1 aliphatic heterocycles. The summed E-state index contributed by atoms with van der Waals surface area (Å²) < 4.78 is 18.5. The molecule has 2 fully saturated rings. The second kappa shape index (κ2) is 16.6. The van der Waals surface area contributed by atoms with E-state index in [0.717, 1.165) is 44.6 Å². The van der Waals surface area contributed by atoms with Gasteiger partial charge in [-0.15, -0.1) is 0 Å². The third kappa shape index (κ3) is 11.6. The highest BCUT2D eigenvalue weighted by atomic mass is 28.4. The van der Waals surface area contributed by atoms with Crippen molar-refractivity contribution in [2.24, 2.45) is 17.8 Å². The molecule has 0 spiro atoms. The van der Waals surface area contributed by atoms with E-state index in [1.807, 2.05) is 0 Å². The average molecular weight is 569 g/mol. The van der Waals surface area contributed by atoms with Crippen LogP contribution in [-0.4, -0.2) is 55.7 Å². The normalized spacial score (nSPS) is 28.2. The Morgan fingerprint density at radius 2 is 1.82 bits per heavy atom. The first kappa shape index (κ1) is 34.5. The van der Waals surface area contributed by atoms with E-state index in [1.54, 1.807) is 0 Å². The smallest absolute Gasteiger partial charge is 0.331 e. The molecule has 0 aromatic carbocycles. The van der Waals surface area contributed by atoms with Gasteiger partial charge in [0.2, 0.25) is 0 Å². The fourth-order valence-corrected chi connectivity index (χ4v) is 7.12. The predicted octanol–water partition coefficient (Wildman–Crippen LogP) is 8.09. The third-order valence-electron chi connectivity index (χ3n) is 9.43. The average Bonchev–Trinajstić information content (AvgIpc) is 3.15. The van der Waals surface area contributed by atoms with Crippen molar-refractivity contribution in [1.82, 2.24) is 0 Å². The number of allylic oxidation sites excluding steroid dienone is 2. The van der Waals surface area contributed by atoms with Crippen LogP contribution in [0.2, 0.25) is 18.1 Å². The van der Waals surface area contributed by atoms with Gasteiger partial charge >= 0.3 is 5.97 Å². The molecule has 7 heteroatoms. The zero-order valence-corrected chi connectivity index (χ0v) is 27.1. The summed E-state index contributed by atoms with van der Waals surface area (Å²) in [5.41, 5.74) is 0. The van der Waals surface area contributed by atoms with Gasteiger partial charge < -0.3 is 24.1 Å². The largest absolute Gasteiger partial charge is 0.479 e. The van der Waals surface area contributed by atoms with Crippen molar-refractivity contribution < 1.29 is 28.9 Å². The van der Waals surface area contributed by atoms with Gasteiger partial charge in [-0.1, -0.05) is 78.9 Å². The first-order valence-electron chi connectivity index (χ1n) is 15.9. The van der Waals surface area contributed by atoms with Crippen LogP contribution in [0, 0.1) is 17.8 Å². The Morgan fingerprint density at radius 1 is 1.10 bits per heavy atom. The number of hydrogen-bond donors (Lipinski definition) is 2. The summed E-state index contributed by atoms with van der Waals surface area (Å²) in [6.45, 7) is 16.0. The van der Waals surface area contributed by atoms with E-state index < -0.39 is 20.4 Å². The number of unbranched alkanes of at least 4 members (excludes halogenated alkanes) is 1. The quantitative estimate of drug-likeness (QED) is 0.136. The van der Waals surface area contributed by atoms with Crippen molar-refractivity contribution >= 4 is 14.3 Å². The van der Waals surface area contributed by atoms with Crippen molar-refractivity contribution in [1.29, 1.82) is 0 Å². The molecule has 7 atom stereocenters. The number of carbonyl (C=O) groups is 1. The van der Waals surface area contributed by atoms with Gasteiger partial charge in [0, 0.05) is 13.0 Å². The van der Waals surface area contributed by atoms with Crippen molar-refractivity contribution in [3.8, 4) is 0 Å². The Labute approximate surface area is 240 Å². The molecule has 1 aliphatic carbocycles.